The van der Waals surface area contributed by atoms with Gasteiger partial charge in [-0.3, -0.25) is 9.69 Å². The average Bonchev–Trinajstić information content (AvgIpc) is 3.00. The van der Waals surface area contributed by atoms with Crippen molar-refractivity contribution < 1.29 is 0 Å². The van der Waals surface area contributed by atoms with Crippen LogP contribution in [0.2, 0.25) is 0 Å². The van der Waals surface area contributed by atoms with Gasteiger partial charge in [0.25, 0.3) is 5.56 Å². The van der Waals surface area contributed by atoms with Gasteiger partial charge in [-0.1, -0.05) is 19.8 Å². The highest BCUT2D eigenvalue weighted by molar-refractivity contribution is 5.36. The van der Waals surface area contributed by atoms with E-state index in [9.17, 15) is 10.1 Å². The van der Waals surface area contributed by atoms with Gasteiger partial charge >= 0.3 is 0 Å². The molecule has 0 spiro atoms. The van der Waals surface area contributed by atoms with Gasteiger partial charge in [-0.15, -0.1) is 0 Å². The predicted octanol–water partition coefficient (Wildman–Crippen LogP) is 2.21. The molecule has 0 aromatic carbocycles. The molecule has 4 nitrogen and oxygen atoms in total. The fourth-order valence-electron chi connectivity index (χ4n) is 3.63. The summed E-state index contributed by atoms with van der Waals surface area (Å²) in [7, 11) is 0. The largest absolute Gasteiger partial charge is 0.308 e. The van der Waals surface area contributed by atoms with Crippen LogP contribution in [0.15, 0.2) is 10.9 Å². The molecule has 1 aromatic rings. The molecule has 3 rings (SSSR count). The van der Waals surface area contributed by atoms with E-state index >= 15 is 0 Å². The lowest BCUT2D eigenvalue weighted by Crippen LogP contribution is -2.37. The van der Waals surface area contributed by atoms with Crippen LogP contribution >= 0.6 is 0 Å². The van der Waals surface area contributed by atoms with Crippen LogP contribution in [0.5, 0.6) is 0 Å². The summed E-state index contributed by atoms with van der Waals surface area (Å²) >= 11 is 0. The maximum atomic E-state index is 12.5. The molecule has 0 bridgehead atoms. The van der Waals surface area contributed by atoms with Crippen LogP contribution in [0.1, 0.15) is 55.5 Å². The summed E-state index contributed by atoms with van der Waals surface area (Å²) in [6.45, 7) is 5.06. The maximum absolute atomic E-state index is 12.5. The van der Waals surface area contributed by atoms with Crippen molar-refractivity contribution >= 4 is 0 Å². The van der Waals surface area contributed by atoms with Crippen LogP contribution in [0.25, 0.3) is 0 Å². The number of aromatic nitrogens is 1. The summed E-state index contributed by atoms with van der Waals surface area (Å²) < 4.78 is 1.97. The first-order valence-corrected chi connectivity index (χ1v) is 7.64. The fraction of sp³-hybridized carbons (Fsp3) is 0.625. The first-order chi connectivity index (χ1) is 9.74. The molecule has 1 aliphatic heterocycles. The van der Waals surface area contributed by atoms with Crippen molar-refractivity contribution in [3.8, 4) is 6.07 Å². The minimum Gasteiger partial charge on any atom is -0.308 e. The number of hydrogen-bond donors (Lipinski definition) is 0. The molecule has 1 aromatic heterocycles. The van der Waals surface area contributed by atoms with Gasteiger partial charge in [-0.05, 0) is 31.0 Å². The Bertz CT molecular complexity index is 605. The topological polar surface area (TPSA) is 49.0 Å². The zero-order valence-corrected chi connectivity index (χ0v) is 12.1. The molecule has 106 valence electrons. The Morgan fingerprint density at radius 1 is 1.40 bits per heavy atom. The molecule has 0 unspecified atom stereocenters. The standard InChI is InChI=1S/C16H21N3O/c1-2-18-8-7-15-13(11-18)9-12(10-17)16(20)19(15)14-5-3-4-6-14/h9,14H,2-8,11H2,1H3. The first kappa shape index (κ1) is 13.4. The molecule has 0 saturated heterocycles. The van der Waals surface area contributed by atoms with E-state index in [0.29, 0.717) is 11.6 Å². The first-order valence-electron chi connectivity index (χ1n) is 7.64. The summed E-state index contributed by atoms with van der Waals surface area (Å²) in [6, 6.07) is 4.23. The minimum atomic E-state index is -0.0666. The van der Waals surface area contributed by atoms with Gasteiger partial charge in [0.1, 0.15) is 11.6 Å². The van der Waals surface area contributed by atoms with Crippen molar-refractivity contribution in [1.29, 1.82) is 5.26 Å². The van der Waals surface area contributed by atoms with Gasteiger partial charge in [0.15, 0.2) is 0 Å². The molecular weight excluding hydrogens is 250 g/mol. The Morgan fingerprint density at radius 3 is 2.80 bits per heavy atom. The lowest BCUT2D eigenvalue weighted by Gasteiger charge is -2.31. The minimum absolute atomic E-state index is 0.0666. The highest BCUT2D eigenvalue weighted by atomic mass is 16.1. The molecule has 4 heteroatoms. The number of rotatable bonds is 2. The Labute approximate surface area is 119 Å². The van der Waals surface area contributed by atoms with Crippen LogP contribution in [-0.2, 0) is 13.0 Å². The number of hydrogen-bond acceptors (Lipinski definition) is 3. The van der Waals surface area contributed by atoms with E-state index < -0.39 is 0 Å². The quantitative estimate of drug-likeness (QED) is 0.828. The van der Waals surface area contributed by atoms with Crippen LogP contribution in [-0.4, -0.2) is 22.6 Å². The molecule has 1 aliphatic carbocycles. The van der Waals surface area contributed by atoms with Crippen LogP contribution in [0.4, 0.5) is 0 Å². The fourth-order valence-corrected chi connectivity index (χ4v) is 3.63. The normalized spacial score (nSPS) is 19.8. The van der Waals surface area contributed by atoms with E-state index in [0.717, 1.165) is 38.9 Å². The van der Waals surface area contributed by atoms with E-state index in [1.807, 2.05) is 10.6 Å². The van der Waals surface area contributed by atoms with Crippen molar-refractivity contribution in [3.63, 3.8) is 0 Å². The van der Waals surface area contributed by atoms with E-state index in [1.165, 1.54) is 24.1 Å². The molecule has 0 atom stereocenters. The van der Waals surface area contributed by atoms with E-state index in [4.69, 9.17) is 0 Å². The Kier molecular flexibility index (Phi) is 3.62. The van der Waals surface area contributed by atoms with Crippen molar-refractivity contribution in [3.05, 3.63) is 33.2 Å². The molecule has 1 saturated carbocycles. The number of nitrogens with zero attached hydrogens (tertiary/aromatic N) is 3. The van der Waals surface area contributed by atoms with Gasteiger partial charge in [-0.2, -0.15) is 5.26 Å². The van der Waals surface area contributed by atoms with E-state index in [1.54, 1.807) is 0 Å². The van der Waals surface area contributed by atoms with Crippen LogP contribution in [0, 0.1) is 11.3 Å². The predicted molar refractivity (Wildman–Crippen MR) is 77.6 cm³/mol. The average molecular weight is 271 g/mol. The molecule has 0 N–H and O–H groups in total. The lowest BCUT2D eigenvalue weighted by molar-refractivity contribution is 0.259. The highest BCUT2D eigenvalue weighted by Crippen LogP contribution is 2.31. The molecule has 1 fully saturated rings. The van der Waals surface area contributed by atoms with Crippen molar-refractivity contribution in [1.82, 2.24) is 9.47 Å². The number of pyridine rings is 1. The lowest BCUT2D eigenvalue weighted by atomic mass is 10.0. The number of nitriles is 1. The van der Waals surface area contributed by atoms with Crippen LogP contribution < -0.4 is 5.56 Å². The van der Waals surface area contributed by atoms with E-state index in [-0.39, 0.29) is 5.56 Å². The summed E-state index contributed by atoms with van der Waals surface area (Å²) in [5, 5.41) is 9.23. The SMILES string of the molecule is CCN1CCc2c(cc(C#N)c(=O)n2C2CCCC2)C1. The van der Waals surface area contributed by atoms with Gasteiger partial charge < -0.3 is 4.57 Å². The van der Waals surface area contributed by atoms with Crippen molar-refractivity contribution in [2.45, 2.75) is 51.6 Å². The molecule has 20 heavy (non-hydrogen) atoms. The second kappa shape index (κ2) is 5.41. The monoisotopic (exact) mass is 271 g/mol. The third-order valence-corrected chi connectivity index (χ3v) is 4.75. The van der Waals surface area contributed by atoms with Gasteiger partial charge in [-0.25, -0.2) is 0 Å². The number of fused-ring (bicyclic) bond motifs is 1. The maximum Gasteiger partial charge on any atom is 0.268 e. The molecular formula is C16H21N3O. The molecule has 2 heterocycles. The Balaban J connectivity index is 2.12. The third kappa shape index (κ3) is 2.16. The third-order valence-electron chi connectivity index (χ3n) is 4.75. The zero-order chi connectivity index (χ0) is 14.1. The van der Waals surface area contributed by atoms with Crippen LogP contribution in [0.3, 0.4) is 0 Å². The summed E-state index contributed by atoms with van der Waals surface area (Å²) in [5.41, 5.74) is 2.61. The van der Waals surface area contributed by atoms with Gasteiger partial charge in [0.05, 0.1) is 0 Å². The summed E-state index contributed by atoms with van der Waals surface area (Å²) in [6.07, 6.45) is 5.49. The summed E-state index contributed by atoms with van der Waals surface area (Å²) in [4.78, 5) is 14.9. The van der Waals surface area contributed by atoms with E-state index in [2.05, 4.69) is 17.9 Å². The molecule has 2 aliphatic rings. The highest BCUT2D eigenvalue weighted by Gasteiger charge is 2.26. The van der Waals surface area contributed by atoms with Gasteiger partial charge in [0.2, 0.25) is 0 Å². The second-order valence-electron chi connectivity index (χ2n) is 5.87. The summed E-state index contributed by atoms with van der Waals surface area (Å²) in [5.74, 6) is 0. The Hall–Kier alpha value is -1.60. The van der Waals surface area contributed by atoms with Gasteiger partial charge in [0, 0.05) is 31.2 Å². The van der Waals surface area contributed by atoms with Crippen molar-refractivity contribution in [2.75, 3.05) is 13.1 Å². The zero-order valence-electron chi connectivity index (χ0n) is 12.1. The molecule has 0 radical (unpaired) electrons. The molecule has 0 amide bonds. The Morgan fingerprint density at radius 2 is 2.15 bits per heavy atom. The number of likely N-dealkylation sites (N-methyl/N-ethyl adjacent to an activating group) is 1. The second-order valence-corrected chi connectivity index (χ2v) is 5.87. The smallest absolute Gasteiger partial charge is 0.268 e. The van der Waals surface area contributed by atoms with Crippen molar-refractivity contribution in [2.24, 2.45) is 0 Å².